The van der Waals surface area contributed by atoms with Gasteiger partial charge in [-0.2, -0.15) is 5.10 Å². The first-order chi connectivity index (χ1) is 10.6. The van der Waals surface area contributed by atoms with E-state index in [2.05, 4.69) is 20.7 Å². The van der Waals surface area contributed by atoms with Crippen LogP contribution in [0.1, 0.15) is 16.7 Å². The highest BCUT2D eigenvalue weighted by atomic mass is 127. The normalized spacial score (nSPS) is 11.0. The standard InChI is InChI=1S/C16H22FN5.HI/c1-12-9-21-22(11-12)7-6-19-16(18-3)20-10-14-4-5-15(17)13(2)8-14;/h4-5,8-9,11H,6-7,10H2,1-3H3,(H2,18,19,20);1H. The van der Waals surface area contributed by atoms with Gasteiger partial charge in [0.1, 0.15) is 5.82 Å². The van der Waals surface area contributed by atoms with Crippen LogP contribution in [-0.2, 0) is 13.1 Å². The molecule has 126 valence electrons. The third kappa shape index (κ3) is 6.17. The number of aryl methyl sites for hydroxylation is 2. The SMILES string of the molecule is CN=C(NCCn1cc(C)cn1)NCc1ccc(F)c(C)c1.I. The van der Waals surface area contributed by atoms with Crippen molar-refractivity contribution in [3.8, 4) is 0 Å². The molecule has 0 unspecified atom stereocenters. The maximum Gasteiger partial charge on any atom is 0.191 e. The van der Waals surface area contributed by atoms with E-state index >= 15 is 0 Å². The van der Waals surface area contributed by atoms with Gasteiger partial charge in [-0.1, -0.05) is 12.1 Å². The lowest BCUT2D eigenvalue weighted by atomic mass is 10.1. The minimum atomic E-state index is -0.180. The number of nitrogens with zero attached hydrogens (tertiary/aromatic N) is 3. The molecule has 1 heterocycles. The fourth-order valence-corrected chi connectivity index (χ4v) is 2.10. The summed E-state index contributed by atoms with van der Waals surface area (Å²) in [5, 5.41) is 10.7. The van der Waals surface area contributed by atoms with Gasteiger partial charge < -0.3 is 10.6 Å². The number of guanidine groups is 1. The molecule has 0 fully saturated rings. The molecule has 0 atom stereocenters. The molecule has 0 saturated carbocycles. The van der Waals surface area contributed by atoms with Gasteiger partial charge in [-0.3, -0.25) is 9.67 Å². The predicted molar refractivity (Wildman–Crippen MR) is 102 cm³/mol. The number of rotatable bonds is 5. The average molecular weight is 431 g/mol. The van der Waals surface area contributed by atoms with Crippen LogP contribution in [0.4, 0.5) is 4.39 Å². The second kappa shape index (κ2) is 9.49. The molecule has 5 nitrogen and oxygen atoms in total. The molecule has 0 aliphatic heterocycles. The number of aromatic nitrogens is 2. The van der Waals surface area contributed by atoms with Crippen LogP contribution in [0.5, 0.6) is 0 Å². The molecular weight excluding hydrogens is 408 g/mol. The van der Waals surface area contributed by atoms with E-state index in [-0.39, 0.29) is 29.8 Å². The molecule has 0 aliphatic carbocycles. The van der Waals surface area contributed by atoms with Crippen molar-refractivity contribution in [1.82, 2.24) is 20.4 Å². The van der Waals surface area contributed by atoms with Crippen molar-refractivity contribution >= 4 is 29.9 Å². The first-order valence-electron chi connectivity index (χ1n) is 7.27. The molecule has 0 radical (unpaired) electrons. The first-order valence-corrected chi connectivity index (χ1v) is 7.27. The van der Waals surface area contributed by atoms with Crippen molar-refractivity contribution in [1.29, 1.82) is 0 Å². The molecule has 1 aromatic heterocycles. The van der Waals surface area contributed by atoms with Crippen molar-refractivity contribution in [3.05, 3.63) is 53.1 Å². The van der Waals surface area contributed by atoms with E-state index in [9.17, 15) is 4.39 Å². The lowest BCUT2D eigenvalue weighted by Gasteiger charge is -2.12. The van der Waals surface area contributed by atoms with Crippen LogP contribution < -0.4 is 10.6 Å². The molecule has 0 aliphatic rings. The van der Waals surface area contributed by atoms with E-state index in [1.54, 1.807) is 20.0 Å². The van der Waals surface area contributed by atoms with Crippen molar-refractivity contribution < 1.29 is 4.39 Å². The topological polar surface area (TPSA) is 54.2 Å². The van der Waals surface area contributed by atoms with Gasteiger partial charge in [0.15, 0.2) is 5.96 Å². The van der Waals surface area contributed by atoms with Crippen LogP contribution in [0.2, 0.25) is 0 Å². The van der Waals surface area contributed by atoms with E-state index in [0.29, 0.717) is 18.1 Å². The summed E-state index contributed by atoms with van der Waals surface area (Å²) in [6.45, 7) is 5.87. The summed E-state index contributed by atoms with van der Waals surface area (Å²) in [6, 6.07) is 5.10. The van der Waals surface area contributed by atoms with Crippen molar-refractivity contribution in [3.63, 3.8) is 0 Å². The van der Waals surface area contributed by atoms with Crippen LogP contribution in [0.15, 0.2) is 35.6 Å². The van der Waals surface area contributed by atoms with Gasteiger partial charge in [0, 0.05) is 26.3 Å². The summed E-state index contributed by atoms with van der Waals surface area (Å²) in [4.78, 5) is 4.17. The van der Waals surface area contributed by atoms with Gasteiger partial charge in [0.05, 0.1) is 12.7 Å². The van der Waals surface area contributed by atoms with Crippen molar-refractivity contribution in [2.24, 2.45) is 4.99 Å². The Labute approximate surface area is 153 Å². The van der Waals surface area contributed by atoms with Gasteiger partial charge in [-0.25, -0.2) is 4.39 Å². The second-order valence-corrected chi connectivity index (χ2v) is 5.22. The lowest BCUT2D eigenvalue weighted by Crippen LogP contribution is -2.38. The number of aliphatic imine (C=N–C) groups is 1. The van der Waals surface area contributed by atoms with E-state index in [0.717, 1.165) is 24.2 Å². The predicted octanol–water partition coefficient (Wildman–Crippen LogP) is 2.62. The second-order valence-electron chi connectivity index (χ2n) is 5.22. The molecule has 0 amide bonds. The lowest BCUT2D eigenvalue weighted by molar-refractivity contribution is 0.597. The van der Waals surface area contributed by atoms with Gasteiger partial charge in [0.25, 0.3) is 0 Å². The zero-order chi connectivity index (χ0) is 15.9. The minimum absolute atomic E-state index is 0. The molecule has 0 spiro atoms. The van der Waals surface area contributed by atoms with Crippen LogP contribution >= 0.6 is 24.0 Å². The molecule has 2 aromatic rings. The van der Waals surface area contributed by atoms with Gasteiger partial charge in [0.2, 0.25) is 0 Å². The largest absolute Gasteiger partial charge is 0.355 e. The smallest absolute Gasteiger partial charge is 0.191 e. The molecule has 2 N–H and O–H groups in total. The monoisotopic (exact) mass is 431 g/mol. The summed E-state index contributed by atoms with van der Waals surface area (Å²) in [5.74, 6) is 0.534. The summed E-state index contributed by atoms with van der Waals surface area (Å²) in [7, 11) is 1.73. The Balaban J connectivity index is 0.00000264. The Morgan fingerprint density at radius 1 is 1.30 bits per heavy atom. The van der Waals surface area contributed by atoms with Crippen LogP contribution in [-0.4, -0.2) is 29.3 Å². The average Bonchev–Trinajstić information content (AvgIpc) is 2.91. The van der Waals surface area contributed by atoms with Crippen LogP contribution in [0.25, 0.3) is 0 Å². The maximum absolute atomic E-state index is 13.2. The summed E-state index contributed by atoms with van der Waals surface area (Å²) in [5.41, 5.74) is 2.81. The number of hydrogen-bond acceptors (Lipinski definition) is 2. The highest BCUT2D eigenvalue weighted by molar-refractivity contribution is 14.0. The third-order valence-corrected chi connectivity index (χ3v) is 3.30. The first kappa shape index (κ1) is 19.4. The molecule has 2 rings (SSSR count). The molecular formula is C16H23FIN5. The quantitative estimate of drug-likeness (QED) is 0.435. The van der Waals surface area contributed by atoms with E-state index in [4.69, 9.17) is 0 Å². The van der Waals surface area contributed by atoms with Gasteiger partial charge in [-0.15, -0.1) is 24.0 Å². The number of hydrogen-bond donors (Lipinski definition) is 2. The summed E-state index contributed by atoms with van der Waals surface area (Å²) >= 11 is 0. The number of nitrogens with one attached hydrogen (secondary N) is 2. The third-order valence-electron chi connectivity index (χ3n) is 3.30. The van der Waals surface area contributed by atoms with E-state index in [1.807, 2.05) is 30.1 Å². The Kier molecular flexibility index (Phi) is 8.01. The number of halogens is 2. The molecule has 0 saturated heterocycles. The van der Waals surface area contributed by atoms with E-state index in [1.165, 1.54) is 6.07 Å². The molecule has 0 bridgehead atoms. The maximum atomic E-state index is 13.2. The zero-order valence-corrected chi connectivity index (χ0v) is 16.0. The molecule has 23 heavy (non-hydrogen) atoms. The zero-order valence-electron chi connectivity index (χ0n) is 13.6. The Morgan fingerprint density at radius 2 is 2.09 bits per heavy atom. The number of benzene rings is 1. The fraction of sp³-hybridized carbons (Fsp3) is 0.375. The molecule has 7 heteroatoms. The summed E-state index contributed by atoms with van der Waals surface area (Å²) in [6.07, 6.45) is 3.84. The van der Waals surface area contributed by atoms with Crippen molar-refractivity contribution in [2.75, 3.05) is 13.6 Å². The minimum Gasteiger partial charge on any atom is -0.355 e. The van der Waals surface area contributed by atoms with Crippen molar-refractivity contribution in [2.45, 2.75) is 26.9 Å². The highest BCUT2D eigenvalue weighted by Crippen LogP contribution is 2.08. The Bertz CT molecular complexity index is 654. The van der Waals surface area contributed by atoms with E-state index < -0.39 is 0 Å². The van der Waals surface area contributed by atoms with Crippen LogP contribution in [0, 0.1) is 19.7 Å². The molecule has 1 aromatic carbocycles. The highest BCUT2D eigenvalue weighted by Gasteiger charge is 2.01. The van der Waals surface area contributed by atoms with Gasteiger partial charge >= 0.3 is 0 Å². The fourth-order valence-electron chi connectivity index (χ4n) is 2.10. The van der Waals surface area contributed by atoms with Gasteiger partial charge in [-0.05, 0) is 36.6 Å². The Hall–Kier alpha value is -1.64. The summed E-state index contributed by atoms with van der Waals surface area (Å²) < 4.78 is 15.1. The Morgan fingerprint density at radius 3 is 2.70 bits per heavy atom. The van der Waals surface area contributed by atoms with Crippen LogP contribution in [0.3, 0.4) is 0 Å².